The van der Waals surface area contributed by atoms with Gasteiger partial charge in [0.15, 0.2) is 0 Å². The molecule has 1 heterocycles. The molecule has 0 aromatic carbocycles. The number of hydrogen-bond acceptors (Lipinski definition) is 3. The molecule has 12 heavy (non-hydrogen) atoms. The summed E-state index contributed by atoms with van der Waals surface area (Å²) in [6.45, 7) is -1.54. The van der Waals surface area contributed by atoms with E-state index in [-0.39, 0.29) is 5.69 Å². The monoisotopic (exact) mass is 176 g/mol. The van der Waals surface area contributed by atoms with Gasteiger partial charge in [0.05, 0.1) is 6.20 Å². The van der Waals surface area contributed by atoms with E-state index in [0.717, 1.165) is 0 Å². The molecule has 0 saturated carbocycles. The molecule has 1 rings (SSSR count). The number of nitrogens with one attached hydrogen (secondary N) is 1. The van der Waals surface area contributed by atoms with Crippen molar-refractivity contribution in [1.82, 2.24) is 10.2 Å². The fourth-order valence-corrected chi connectivity index (χ4v) is 0.693. The van der Waals surface area contributed by atoms with Crippen molar-refractivity contribution in [3.8, 4) is 0 Å². The summed E-state index contributed by atoms with van der Waals surface area (Å²) in [5, 5.41) is 5.73. The molecule has 0 bridgehead atoms. The van der Waals surface area contributed by atoms with E-state index >= 15 is 0 Å². The van der Waals surface area contributed by atoms with E-state index in [1.807, 2.05) is 0 Å². The minimum absolute atomic E-state index is 0.0460. The third-order valence-corrected chi connectivity index (χ3v) is 1.23. The zero-order chi connectivity index (χ0) is 9.14. The number of aromatic amines is 1. The summed E-state index contributed by atoms with van der Waals surface area (Å²) in [5.74, 6) is -1.10. The molecular formula is C6H6F2N2O2. The molecule has 4 nitrogen and oxygen atoms in total. The van der Waals surface area contributed by atoms with Crippen molar-refractivity contribution in [1.29, 1.82) is 0 Å². The molecule has 66 valence electrons. The maximum Gasteiger partial charge on any atom is 0.389 e. The lowest BCUT2D eigenvalue weighted by molar-refractivity contribution is -0.0910. The van der Waals surface area contributed by atoms with Crippen LogP contribution >= 0.6 is 0 Å². The number of H-pyrrole nitrogens is 1. The van der Waals surface area contributed by atoms with E-state index in [0.29, 0.717) is 5.56 Å². The summed E-state index contributed by atoms with van der Waals surface area (Å²) >= 11 is 0. The van der Waals surface area contributed by atoms with Crippen LogP contribution in [0.2, 0.25) is 0 Å². The van der Waals surface area contributed by atoms with Gasteiger partial charge in [0.1, 0.15) is 5.69 Å². The van der Waals surface area contributed by atoms with E-state index in [1.54, 1.807) is 6.92 Å². The molecule has 6 heteroatoms. The van der Waals surface area contributed by atoms with Crippen molar-refractivity contribution >= 4 is 5.97 Å². The molecule has 1 N–H and O–H groups in total. The fourth-order valence-electron chi connectivity index (χ4n) is 0.693. The molecule has 0 unspecified atom stereocenters. The van der Waals surface area contributed by atoms with Gasteiger partial charge in [-0.05, 0) is 6.92 Å². The number of alkyl halides is 2. The SMILES string of the molecule is Cc1cn[nH]c1C(=O)OC(F)F. The highest BCUT2D eigenvalue weighted by Gasteiger charge is 2.16. The standard InChI is InChI=1S/C6H6F2N2O2/c1-3-2-9-10-4(3)5(11)12-6(7)8/h2,6H,1H3,(H,9,10). The second-order valence-electron chi connectivity index (χ2n) is 2.09. The number of halogens is 2. The Morgan fingerprint density at radius 2 is 2.42 bits per heavy atom. The molecule has 0 aliphatic rings. The highest BCUT2D eigenvalue weighted by atomic mass is 19.3. The number of aromatic nitrogens is 2. The first kappa shape index (κ1) is 8.63. The quantitative estimate of drug-likeness (QED) is 0.686. The molecular weight excluding hydrogens is 170 g/mol. The average Bonchev–Trinajstić information content (AvgIpc) is 2.33. The van der Waals surface area contributed by atoms with E-state index in [9.17, 15) is 13.6 Å². The average molecular weight is 176 g/mol. The number of hydrogen-bond donors (Lipinski definition) is 1. The summed E-state index contributed by atoms with van der Waals surface area (Å²) in [6.07, 6.45) is 1.35. The minimum Gasteiger partial charge on any atom is -0.398 e. The van der Waals surface area contributed by atoms with E-state index < -0.39 is 12.6 Å². The van der Waals surface area contributed by atoms with Gasteiger partial charge < -0.3 is 4.74 Å². The predicted octanol–water partition coefficient (Wildman–Crippen LogP) is 1.10. The van der Waals surface area contributed by atoms with Gasteiger partial charge in [-0.3, -0.25) is 5.10 Å². The molecule has 0 fully saturated rings. The predicted molar refractivity (Wildman–Crippen MR) is 34.7 cm³/mol. The molecule has 1 aromatic rings. The van der Waals surface area contributed by atoms with Crippen molar-refractivity contribution in [3.63, 3.8) is 0 Å². The molecule has 0 radical (unpaired) electrons. The number of ether oxygens (including phenoxy) is 1. The van der Waals surface area contributed by atoms with Gasteiger partial charge >= 0.3 is 12.6 Å². The lowest BCUT2D eigenvalue weighted by Crippen LogP contribution is -2.11. The van der Waals surface area contributed by atoms with Crippen LogP contribution in [0.3, 0.4) is 0 Å². The van der Waals surface area contributed by atoms with Crippen molar-refractivity contribution in [3.05, 3.63) is 17.5 Å². The van der Waals surface area contributed by atoms with Gasteiger partial charge in [-0.15, -0.1) is 0 Å². The molecule has 0 spiro atoms. The molecule has 1 aromatic heterocycles. The molecule has 0 amide bonds. The zero-order valence-electron chi connectivity index (χ0n) is 6.17. The van der Waals surface area contributed by atoms with Crippen LogP contribution < -0.4 is 0 Å². The number of carbonyl (C=O) groups excluding carboxylic acids is 1. The zero-order valence-corrected chi connectivity index (χ0v) is 6.17. The van der Waals surface area contributed by atoms with Crippen LogP contribution in [-0.4, -0.2) is 22.8 Å². The number of carbonyl (C=O) groups is 1. The Labute approximate surface area is 66.5 Å². The Kier molecular flexibility index (Phi) is 2.37. The van der Waals surface area contributed by atoms with Crippen LogP contribution in [0.4, 0.5) is 8.78 Å². The second kappa shape index (κ2) is 3.29. The highest BCUT2D eigenvalue weighted by Crippen LogP contribution is 2.06. The number of rotatable bonds is 2. The minimum atomic E-state index is -3.10. The lowest BCUT2D eigenvalue weighted by Gasteiger charge is -2.00. The maximum atomic E-state index is 11.5. The maximum absolute atomic E-state index is 11.5. The van der Waals surface area contributed by atoms with E-state index in [1.165, 1.54) is 6.20 Å². The van der Waals surface area contributed by atoms with Gasteiger partial charge in [-0.1, -0.05) is 0 Å². The van der Waals surface area contributed by atoms with Crippen LogP contribution in [0.1, 0.15) is 16.1 Å². The number of nitrogens with zero attached hydrogens (tertiary/aromatic N) is 1. The Morgan fingerprint density at radius 3 is 2.83 bits per heavy atom. The second-order valence-corrected chi connectivity index (χ2v) is 2.09. The molecule has 0 atom stereocenters. The third kappa shape index (κ3) is 1.77. The van der Waals surface area contributed by atoms with Gasteiger partial charge in [0.25, 0.3) is 0 Å². The van der Waals surface area contributed by atoms with Crippen LogP contribution in [-0.2, 0) is 4.74 Å². The first-order valence-electron chi connectivity index (χ1n) is 3.10. The van der Waals surface area contributed by atoms with Crippen LogP contribution in [0.25, 0.3) is 0 Å². The first-order valence-corrected chi connectivity index (χ1v) is 3.10. The van der Waals surface area contributed by atoms with Crippen molar-refractivity contribution in [2.75, 3.05) is 0 Å². The Hall–Kier alpha value is -1.46. The van der Waals surface area contributed by atoms with Gasteiger partial charge in [0, 0.05) is 5.56 Å². The highest BCUT2D eigenvalue weighted by molar-refractivity contribution is 5.88. The molecule has 0 aliphatic heterocycles. The van der Waals surface area contributed by atoms with Gasteiger partial charge in [-0.2, -0.15) is 13.9 Å². The smallest absolute Gasteiger partial charge is 0.389 e. The number of esters is 1. The summed E-state index contributed by atoms with van der Waals surface area (Å²) in [6, 6.07) is 0. The summed E-state index contributed by atoms with van der Waals surface area (Å²) < 4.78 is 26.7. The van der Waals surface area contributed by atoms with Crippen LogP contribution in [0, 0.1) is 6.92 Å². The Balaban J connectivity index is 2.72. The first-order chi connectivity index (χ1) is 5.61. The lowest BCUT2D eigenvalue weighted by atomic mass is 10.3. The van der Waals surface area contributed by atoms with Crippen LogP contribution in [0.15, 0.2) is 6.20 Å². The summed E-state index contributed by atoms with van der Waals surface area (Å²) in [7, 11) is 0. The third-order valence-electron chi connectivity index (χ3n) is 1.23. The largest absolute Gasteiger partial charge is 0.398 e. The van der Waals surface area contributed by atoms with Crippen LogP contribution in [0.5, 0.6) is 0 Å². The van der Waals surface area contributed by atoms with Crippen molar-refractivity contribution in [2.45, 2.75) is 13.5 Å². The summed E-state index contributed by atoms with van der Waals surface area (Å²) in [4.78, 5) is 10.8. The van der Waals surface area contributed by atoms with E-state index in [4.69, 9.17) is 0 Å². The van der Waals surface area contributed by atoms with Gasteiger partial charge in [-0.25, -0.2) is 4.79 Å². The van der Waals surface area contributed by atoms with Crippen molar-refractivity contribution in [2.24, 2.45) is 0 Å². The summed E-state index contributed by atoms with van der Waals surface area (Å²) in [5.41, 5.74) is 0.427. The number of aryl methyl sites for hydroxylation is 1. The topological polar surface area (TPSA) is 55.0 Å². The molecule has 0 saturated heterocycles. The normalized spacial score (nSPS) is 10.3. The molecule has 0 aliphatic carbocycles. The van der Waals surface area contributed by atoms with Crippen molar-refractivity contribution < 1.29 is 18.3 Å². The fraction of sp³-hybridized carbons (Fsp3) is 0.333. The van der Waals surface area contributed by atoms with E-state index in [2.05, 4.69) is 14.9 Å². The van der Waals surface area contributed by atoms with Gasteiger partial charge in [0.2, 0.25) is 0 Å². The Morgan fingerprint density at radius 1 is 1.75 bits per heavy atom. The Bertz CT molecular complexity index is 285.